The number of hydrogen-bond donors (Lipinski definition) is 2. The minimum absolute atomic E-state index is 0.117. The van der Waals surface area contributed by atoms with Crippen LogP contribution in [0.4, 0.5) is 11.6 Å². The fourth-order valence-electron chi connectivity index (χ4n) is 4.82. The number of likely N-dealkylation sites (N-methyl/N-ethyl adjacent to an activating group) is 1. The van der Waals surface area contributed by atoms with Crippen LogP contribution < -0.4 is 15.0 Å². The molecule has 0 radical (unpaired) electrons. The number of amides is 1. The van der Waals surface area contributed by atoms with E-state index < -0.39 is 5.60 Å². The minimum atomic E-state index is -1.01. The van der Waals surface area contributed by atoms with E-state index in [4.69, 9.17) is 4.74 Å². The van der Waals surface area contributed by atoms with Gasteiger partial charge in [-0.15, -0.1) is 0 Å². The molecule has 9 nitrogen and oxygen atoms in total. The van der Waals surface area contributed by atoms with Crippen LogP contribution in [0.1, 0.15) is 36.0 Å². The Morgan fingerprint density at radius 3 is 2.68 bits per heavy atom. The number of nitrogens with zero attached hydrogens (tertiary/aromatic N) is 5. The van der Waals surface area contributed by atoms with Crippen LogP contribution in [0.3, 0.4) is 0 Å². The summed E-state index contributed by atoms with van der Waals surface area (Å²) < 4.78 is 5.84. The summed E-state index contributed by atoms with van der Waals surface area (Å²) in [6, 6.07) is 9.14. The monoisotopic (exact) mass is 468 g/mol. The fraction of sp³-hybridized carbons (Fsp3) is 0.560. The molecule has 2 aliphatic heterocycles. The zero-order valence-electron chi connectivity index (χ0n) is 20.2. The van der Waals surface area contributed by atoms with Crippen LogP contribution in [0, 0.1) is 0 Å². The molecule has 2 aromatic rings. The van der Waals surface area contributed by atoms with Gasteiger partial charge in [-0.2, -0.15) is 0 Å². The summed E-state index contributed by atoms with van der Waals surface area (Å²) in [5.74, 6) is 2.15. The van der Waals surface area contributed by atoms with Crippen molar-refractivity contribution in [2.75, 3.05) is 70.2 Å². The molecular weight excluding hydrogens is 432 g/mol. The number of carbonyl (C=O) groups excluding carboxylic acids is 1. The van der Waals surface area contributed by atoms with E-state index in [1.54, 1.807) is 24.1 Å². The van der Waals surface area contributed by atoms with Crippen LogP contribution in [-0.4, -0.2) is 96.4 Å². The molecule has 2 N–H and O–H groups in total. The molecule has 9 heteroatoms. The highest BCUT2D eigenvalue weighted by Gasteiger charge is 2.36. The Labute approximate surface area is 201 Å². The number of piperidine rings is 1. The van der Waals surface area contributed by atoms with Gasteiger partial charge < -0.3 is 25.0 Å². The Hall–Kier alpha value is -2.91. The molecule has 1 amide bonds. The molecule has 0 aliphatic carbocycles. The molecule has 3 heterocycles. The number of ether oxygens (including phenoxy) is 1. The Morgan fingerprint density at radius 2 is 1.94 bits per heavy atom. The molecular formula is C25H36N6O3. The smallest absolute Gasteiger partial charge is 0.253 e. The van der Waals surface area contributed by atoms with Crippen LogP contribution in [0.25, 0.3) is 0 Å². The molecule has 1 aromatic carbocycles. The summed E-state index contributed by atoms with van der Waals surface area (Å²) in [5, 5.41) is 14.3. The van der Waals surface area contributed by atoms with Crippen molar-refractivity contribution in [3.05, 3.63) is 42.2 Å². The standard InChI is InChI=1S/C25H36N6O3/c1-26-22-16-23(28-19-27-22)31-13-5-10-25(33,18-31)17-29(2)24(32)20-6-8-21(9-7-20)34-15-14-30-11-3-4-12-30/h6-9,16,19,33H,3-5,10-15,17-18H2,1-2H3,(H,26,27,28)/t25-/m1/s1. The van der Waals surface area contributed by atoms with Gasteiger partial charge in [-0.25, -0.2) is 9.97 Å². The van der Waals surface area contributed by atoms with Gasteiger partial charge in [0.1, 0.15) is 30.3 Å². The van der Waals surface area contributed by atoms with E-state index in [1.165, 1.54) is 19.2 Å². The first-order valence-electron chi connectivity index (χ1n) is 12.1. The van der Waals surface area contributed by atoms with Gasteiger partial charge >= 0.3 is 0 Å². The number of hydrogen-bond acceptors (Lipinski definition) is 8. The Balaban J connectivity index is 1.31. The lowest BCUT2D eigenvalue weighted by Gasteiger charge is -2.41. The zero-order valence-corrected chi connectivity index (χ0v) is 20.2. The largest absolute Gasteiger partial charge is 0.492 e. The molecule has 0 spiro atoms. The third kappa shape index (κ3) is 6.15. The molecule has 2 aliphatic rings. The van der Waals surface area contributed by atoms with Crippen molar-refractivity contribution in [1.29, 1.82) is 0 Å². The first-order chi connectivity index (χ1) is 16.5. The number of rotatable bonds is 9. The highest BCUT2D eigenvalue weighted by molar-refractivity contribution is 5.94. The van der Waals surface area contributed by atoms with Crippen LogP contribution in [0.15, 0.2) is 36.7 Å². The summed E-state index contributed by atoms with van der Waals surface area (Å²) in [6.45, 7) is 5.37. The normalized spacial score (nSPS) is 20.9. The van der Waals surface area contributed by atoms with Crippen molar-refractivity contribution < 1.29 is 14.6 Å². The maximum Gasteiger partial charge on any atom is 0.253 e. The summed E-state index contributed by atoms with van der Waals surface area (Å²) >= 11 is 0. The zero-order chi connectivity index (χ0) is 24.0. The highest BCUT2D eigenvalue weighted by atomic mass is 16.5. The number of benzene rings is 1. The number of nitrogens with one attached hydrogen (secondary N) is 1. The van der Waals surface area contributed by atoms with E-state index in [9.17, 15) is 9.90 Å². The molecule has 0 saturated carbocycles. The lowest BCUT2D eigenvalue weighted by Crippen LogP contribution is -2.54. The predicted molar refractivity (Wildman–Crippen MR) is 133 cm³/mol. The van der Waals surface area contributed by atoms with E-state index in [0.29, 0.717) is 25.1 Å². The van der Waals surface area contributed by atoms with E-state index in [-0.39, 0.29) is 12.5 Å². The van der Waals surface area contributed by atoms with Crippen molar-refractivity contribution in [1.82, 2.24) is 19.8 Å². The van der Waals surface area contributed by atoms with Crippen molar-refractivity contribution in [2.24, 2.45) is 0 Å². The maximum atomic E-state index is 13.0. The molecule has 4 rings (SSSR count). The van der Waals surface area contributed by atoms with Gasteiger partial charge in [-0.3, -0.25) is 9.69 Å². The van der Waals surface area contributed by atoms with Gasteiger partial charge in [-0.1, -0.05) is 0 Å². The quantitative estimate of drug-likeness (QED) is 0.578. The fourth-order valence-corrected chi connectivity index (χ4v) is 4.82. The lowest BCUT2D eigenvalue weighted by molar-refractivity contribution is -0.000137. The second-order valence-electron chi connectivity index (χ2n) is 9.34. The van der Waals surface area contributed by atoms with Gasteiger partial charge in [0.2, 0.25) is 0 Å². The molecule has 184 valence electrons. The second kappa shape index (κ2) is 11.0. The van der Waals surface area contributed by atoms with Gasteiger partial charge in [0.15, 0.2) is 0 Å². The third-order valence-electron chi connectivity index (χ3n) is 6.64. The van der Waals surface area contributed by atoms with Crippen molar-refractivity contribution >= 4 is 17.5 Å². The Kier molecular flexibility index (Phi) is 7.84. The average molecular weight is 469 g/mol. The number of aliphatic hydroxyl groups is 1. The number of β-amino-alcohol motifs (C(OH)–C–C–N with tert-alkyl or cyclic N) is 1. The topological polar surface area (TPSA) is 94.1 Å². The molecule has 2 saturated heterocycles. The molecule has 1 aromatic heterocycles. The van der Waals surface area contributed by atoms with E-state index in [1.807, 2.05) is 25.2 Å². The summed E-state index contributed by atoms with van der Waals surface area (Å²) in [5.41, 5.74) is -0.424. The van der Waals surface area contributed by atoms with Crippen molar-refractivity contribution in [3.63, 3.8) is 0 Å². The van der Waals surface area contributed by atoms with Crippen LogP contribution >= 0.6 is 0 Å². The van der Waals surface area contributed by atoms with Gasteiger partial charge in [0, 0.05) is 45.4 Å². The van der Waals surface area contributed by atoms with E-state index in [2.05, 4.69) is 25.1 Å². The predicted octanol–water partition coefficient (Wildman–Crippen LogP) is 2.10. The molecule has 0 bridgehead atoms. The maximum absolute atomic E-state index is 13.0. The van der Waals surface area contributed by atoms with Gasteiger partial charge in [-0.05, 0) is 63.0 Å². The average Bonchev–Trinajstić information content (AvgIpc) is 3.37. The number of likely N-dealkylation sites (tertiary alicyclic amines) is 1. The number of carbonyl (C=O) groups is 1. The van der Waals surface area contributed by atoms with Crippen LogP contribution in [-0.2, 0) is 0 Å². The minimum Gasteiger partial charge on any atom is -0.492 e. The van der Waals surface area contributed by atoms with Crippen molar-refractivity contribution in [2.45, 2.75) is 31.3 Å². The summed E-state index contributed by atoms with van der Waals surface area (Å²) in [6.07, 6.45) is 5.52. The number of aromatic nitrogens is 2. The van der Waals surface area contributed by atoms with Crippen molar-refractivity contribution in [3.8, 4) is 5.75 Å². The summed E-state index contributed by atoms with van der Waals surface area (Å²) in [7, 11) is 3.55. The first-order valence-corrected chi connectivity index (χ1v) is 12.1. The third-order valence-corrected chi connectivity index (χ3v) is 6.64. The molecule has 0 unspecified atom stereocenters. The van der Waals surface area contributed by atoms with Gasteiger partial charge in [0.05, 0.1) is 12.1 Å². The highest BCUT2D eigenvalue weighted by Crippen LogP contribution is 2.27. The van der Waals surface area contributed by atoms with E-state index >= 15 is 0 Å². The summed E-state index contributed by atoms with van der Waals surface area (Å²) in [4.78, 5) is 27.6. The van der Waals surface area contributed by atoms with E-state index in [0.717, 1.165) is 50.0 Å². The molecule has 1 atom stereocenters. The Morgan fingerprint density at radius 1 is 1.18 bits per heavy atom. The Bertz CT molecular complexity index is 950. The van der Waals surface area contributed by atoms with Crippen LogP contribution in [0.5, 0.6) is 5.75 Å². The lowest BCUT2D eigenvalue weighted by atomic mass is 9.92. The van der Waals surface area contributed by atoms with Crippen LogP contribution in [0.2, 0.25) is 0 Å². The first kappa shape index (κ1) is 24.2. The second-order valence-corrected chi connectivity index (χ2v) is 9.34. The number of anilines is 2. The SMILES string of the molecule is CNc1cc(N2CCC[C@@](O)(CN(C)C(=O)c3ccc(OCCN4CCCC4)cc3)C2)ncn1. The molecule has 34 heavy (non-hydrogen) atoms. The molecule has 2 fully saturated rings. The van der Waals surface area contributed by atoms with Gasteiger partial charge in [0.25, 0.3) is 5.91 Å².